The van der Waals surface area contributed by atoms with Crippen LogP contribution in [0.1, 0.15) is 24.1 Å². The number of hydrogen-bond acceptors (Lipinski definition) is 6. The Bertz CT molecular complexity index is 1350. The number of halogens is 4. The van der Waals surface area contributed by atoms with Crippen molar-refractivity contribution in [1.29, 1.82) is 0 Å². The number of nitrogens with zero attached hydrogens (tertiary/aromatic N) is 5. The molecule has 4 aromatic rings. The fourth-order valence-electron chi connectivity index (χ4n) is 3.73. The molecule has 0 spiro atoms. The second-order valence-electron chi connectivity index (χ2n) is 7.85. The van der Waals surface area contributed by atoms with E-state index in [0.717, 1.165) is 17.8 Å². The van der Waals surface area contributed by atoms with Crippen molar-refractivity contribution in [3.05, 3.63) is 71.1 Å². The van der Waals surface area contributed by atoms with Gasteiger partial charge in [0.25, 0.3) is 0 Å². The Balaban J connectivity index is 1.47. The van der Waals surface area contributed by atoms with E-state index in [9.17, 15) is 18.0 Å². The van der Waals surface area contributed by atoms with Gasteiger partial charge < -0.3 is 5.32 Å². The largest absolute Gasteiger partial charge is 0.433 e. The van der Waals surface area contributed by atoms with Crippen LogP contribution >= 0.6 is 11.6 Å². The number of benzene rings is 1. The summed E-state index contributed by atoms with van der Waals surface area (Å²) >= 11 is 6.10. The number of aromatic nitrogens is 6. The van der Waals surface area contributed by atoms with E-state index >= 15 is 0 Å². The van der Waals surface area contributed by atoms with Crippen LogP contribution in [0.15, 0.2) is 54.9 Å². The predicted molar refractivity (Wildman–Crippen MR) is 117 cm³/mol. The molecule has 0 atom stereocenters. The van der Waals surface area contributed by atoms with Crippen LogP contribution < -0.4 is 5.32 Å². The first-order valence-corrected chi connectivity index (χ1v) is 10.5. The van der Waals surface area contributed by atoms with E-state index in [1.165, 1.54) is 12.3 Å². The molecule has 2 N–H and O–H groups in total. The van der Waals surface area contributed by atoms with Crippen LogP contribution in [0.25, 0.3) is 22.6 Å². The van der Waals surface area contributed by atoms with Gasteiger partial charge in [-0.1, -0.05) is 23.7 Å². The number of aromatic amines is 1. The molecule has 5 rings (SSSR count). The number of nitrogens with one attached hydrogen (secondary N) is 2. The zero-order chi connectivity index (χ0) is 23.9. The highest BCUT2D eigenvalue weighted by molar-refractivity contribution is 6.30. The van der Waals surface area contributed by atoms with E-state index in [-0.39, 0.29) is 11.7 Å². The van der Waals surface area contributed by atoms with Crippen LogP contribution in [-0.4, -0.2) is 36.5 Å². The summed E-state index contributed by atoms with van der Waals surface area (Å²) in [5.41, 5.74) is 0.541. The number of hydrogen-bond donors (Lipinski definition) is 2. The third kappa shape index (κ3) is 4.10. The van der Waals surface area contributed by atoms with Crippen LogP contribution in [0.3, 0.4) is 0 Å². The number of tetrazole rings is 1. The van der Waals surface area contributed by atoms with Gasteiger partial charge in [0.05, 0.1) is 23.0 Å². The van der Waals surface area contributed by atoms with Gasteiger partial charge in [-0.3, -0.25) is 14.8 Å². The number of anilines is 1. The zero-order valence-corrected chi connectivity index (χ0v) is 18.0. The fraction of sp³-hybridized carbons (Fsp3) is 0.182. The molecule has 1 aliphatic carbocycles. The number of carbonyl (C=O) groups is 1. The SMILES string of the molecule is O=C(Nc1cnc(-c2ccc(C(F)(F)F)nc2)c(-c2nnn[nH]2)c1)C1(c2cccc(Cl)c2)CC1. The molecule has 0 unspecified atom stereocenters. The smallest absolute Gasteiger partial charge is 0.324 e. The molecular weight excluding hydrogens is 471 g/mol. The Kier molecular flexibility index (Phi) is 5.28. The molecule has 0 aliphatic heterocycles. The molecule has 1 saturated carbocycles. The molecule has 0 bridgehead atoms. The Labute approximate surface area is 195 Å². The summed E-state index contributed by atoms with van der Waals surface area (Å²) in [6, 6.07) is 10.9. The highest BCUT2D eigenvalue weighted by atomic mass is 35.5. The molecule has 1 fully saturated rings. The van der Waals surface area contributed by atoms with E-state index in [1.807, 2.05) is 6.07 Å². The Morgan fingerprint density at radius 3 is 2.53 bits per heavy atom. The van der Waals surface area contributed by atoms with Crippen molar-refractivity contribution in [2.45, 2.75) is 24.4 Å². The first-order valence-electron chi connectivity index (χ1n) is 10.1. The molecule has 0 saturated heterocycles. The molecule has 12 heteroatoms. The first kappa shape index (κ1) is 22.0. The highest BCUT2D eigenvalue weighted by Gasteiger charge is 2.51. The molecule has 8 nitrogen and oxygen atoms in total. The molecule has 1 aromatic carbocycles. The van der Waals surface area contributed by atoms with Crippen molar-refractivity contribution in [3.8, 4) is 22.6 Å². The number of rotatable bonds is 5. The van der Waals surface area contributed by atoms with Crippen molar-refractivity contribution in [1.82, 2.24) is 30.6 Å². The van der Waals surface area contributed by atoms with E-state index in [0.29, 0.717) is 40.4 Å². The van der Waals surface area contributed by atoms with Crippen LogP contribution in [-0.2, 0) is 16.4 Å². The fourth-order valence-corrected chi connectivity index (χ4v) is 3.92. The lowest BCUT2D eigenvalue weighted by Crippen LogP contribution is -2.27. The van der Waals surface area contributed by atoms with E-state index < -0.39 is 17.3 Å². The lowest BCUT2D eigenvalue weighted by Gasteiger charge is -2.17. The zero-order valence-electron chi connectivity index (χ0n) is 17.3. The van der Waals surface area contributed by atoms with Crippen LogP contribution in [0, 0.1) is 0 Å². The van der Waals surface area contributed by atoms with Gasteiger partial charge in [-0.05, 0) is 59.2 Å². The topological polar surface area (TPSA) is 109 Å². The molecule has 1 aliphatic rings. The van der Waals surface area contributed by atoms with Crippen LogP contribution in [0.5, 0.6) is 0 Å². The quantitative estimate of drug-likeness (QED) is 0.425. The third-order valence-corrected chi connectivity index (χ3v) is 5.87. The summed E-state index contributed by atoms with van der Waals surface area (Å²) in [4.78, 5) is 21.0. The Hall–Kier alpha value is -3.86. The van der Waals surface area contributed by atoms with Gasteiger partial charge in [0.15, 0.2) is 5.82 Å². The molecule has 1 amide bonds. The monoisotopic (exact) mass is 485 g/mol. The van der Waals surface area contributed by atoms with Gasteiger partial charge in [-0.2, -0.15) is 13.2 Å². The average molecular weight is 486 g/mol. The van der Waals surface area contributed by atoms with Crippen molar-refractivity contribution in [3.63, 3.8) is 0 Å². The van der Waals surface area contributed by atoms with E-state index in [2.05, 4.69) is 35.9 Å². The second-order valence-corrected chi connectivity index (χ2v) is 8.28. The summed E-state index contributed by atoms with van der Waals surface area (Å²) in [5, 5.41) is 17.0. The molecule has 172 valence electrons. The summed E-state index contributed by atoms with van der Waals surface area (Å²) < 4.78 is 38.7. The van der Waals surface area contributed by atoms with Gasteiger partial charge in [-0.15, -0.1) is 5.10 Å². The Morgan fingerprint density at radius 2 is 1.91 bits per heavy atom. The molecule has 3 heterocycles. The number of pyridine rings is 2. The molecule has 34 heavy (non-hydrogen) atoms. The van der Waals surface area contributed by atoms with Crippen molar-refractivity contribution in [2.24, 2.45) is 0 Å². The van der Waals surface area contributed by atoms with Gasteiger partial charge in [0, 0.05) is 22.3 Å². The maximum atomic E-state index is 13.1. The van der Waals surface area contributed by atoms with Crippen molar-refractivity contribution >= 4 is 23.2 Å². The summed E-state index contributed by atoms with van der Waals surface area (Å²) in [6.07, 6.45) is -0.692. The van der Waals surface area contributed by atoms with E-state index in [1.54, 1.807) is 24.3 Å². The van der Waals surface area contributed by atoms with Crippen molar-refractivity contribution in [2.75, 3.05) is 5.32 Å². The minimum Gasteiger partial charge on any atom is -0.324 e. The first-order chi connectivity index (χ1) is 16.3. The second kappa shape index (κ2) is 8.17. The van der Waals surface area contributed by atoms with Crippen LogP contribution in [0.4, 0.5) is 18.9 Å². The lowest BCUT2D eigenvalue weighted by molar-refractivity contribution is -0.141. The van der Waals surface area contributed by atoms with Gasteiger partial charge in [0.1, 0.15) is 5.69 Å². The minimum atomic E-state index is -4.56. The normalized spacial score (nSPS) is 14.6. The summed E-state index contributed by atoms with van der Waals surface area (Å²) in [7, 11) is 0. The predicted octanol–water partition coefficient (Wildman–Crippen LogP) is 4.67. The maximum absolute atomic E-state index is 13.1. The van der Waals surface area contributed by atoms with Gasteiger partial charge in [0.2, 0.25) is 5.91 Å². The average Bonchev–Trinajstić information content (AvgIpc) is 3.45. The lowest BCUT2D eigenvalue weighted by atomic mass is 9.95. The molecule has 3 aromatic heterocycles. The highest BCUT2D eigenvalue weighted by Crippen LogP contribution is 2.49. The minimum absolute atomic E-state index is 0.206. The number of alkyl halides is 3. The molecule has 0 radical (unpaired) electrons. The van der Waals surface area contributed by atoms with Crippen molar-refractivity contribution < 1.29 is 18.0 Å². The number of H-pyrrole nitrogens is 1. The van der Waals surface area contributed by atoms with Gasteiger partial charge in [-0.25, -0.2) is 5.10 Å². The standard InChI is InChI=1S/C22H15ClF3N7O/c23-14-3-1-2-13(8-14)21(6-7-21)20(34)29-15-9-16(19-30-32-33-31-19)18(28-11-15)12-4-5-17(27-10-12)22(24,25)26/h1-5,8-11H,6-7H2,(H,29,34)(H,30,31,32,33). The van der Waals surface area contributed by atoms with E-state index in [4.69, 9.17) is 11.6 Å². The van der Waals surface area contributed by atoms with Gasteiger partial charge >= 0.3 is 6.18 Å². The molecular formula is C22H15ClF3N7O. The summed E-state index contributed by atoms with van der Waals surface area (Å²) in [5.74, 6) is 0.0247. The third-order valence-electron chi connectivity index (χ3n) is 5.64. The summed E-state index contributed by atoms with van der Waals surface area (Å²) in [6.45, 7) is 0. The maximum Gasteiger partial charge on any atom is 0.433 e. The number of carbonyl (C=O) groups excluding carboxylic acids is 1. The number of amides is 1. The Morgan fingerprint density at radius 1 is 1.09 bits per heavy atom. The van der Waals surface area contributed by atoms with Crippen LogP contribution in [0.2, 0.25) is 5.02 Å².